The van der Waals surface area contributed by atoms with Crippen molar-refractivity contribution in [2.75, 3.05) is 7.11 Å². The molecule has 2 aromatic rings. The molecular weight excluding hydrogens is 267 g/mol. The summed E-state index contributed by atoms with van der Waals surface area (Å²) in [5.41, 5.74) is 0.712. The number of rotatable bonds is 2. The van der Waals surface area contributed by atoms with E-state index in [-0.39, 0.29) is 5.13 Å². The Morgan fingerprint density at radius 2 is 2.29 bits per heavy atom. The van der Waals surface area contributed by atoms with Crippen LogP contribution in [0.5, 0.6) is 5.75 Å². The topological polar surface area (TPSA) is 9.23 Å². The lowest BCUT2D eigenvalue weighted by Crippen LogP contribution is -1.82. The number of benzene rings is 1. The molecule has 0 aliphatic heterocycles. The predicted molar refractivity (Wildman–Crippen MR) is 61.0 cm³/mol. The second kappa shape index (κ2) is 3.87. The van der Waals surface area contributed by atoms with Crippen LogP contribution in [0.4, 0.5) is 4.39 Å². The minimum atomic E-state index is -0.120. The average molecular weight is 275 g/mol. The van der Waals surface area contributed by atoms with Gasteiger partial charge in [0.1, 0.15) is 5.75 Å². The summed E-state index contributed by atoms with van der Waals surface area (Å²) in [6, 6.07) is 5.59. The van der Waals surface area contributed by atoms with Crippen LogP contribution in [0.2, 0.25) is 0 Å². The third-order valence-corrected chi connectivity index (χ3v) is 3.64. The zero-order valence-electron chi connectivity index (χ0n) is 7.51. The van der Waals surface area contributed by atoms with E-state index in [2.05, 4.69) is 15.9 Å². The average Bonchev–Trinajstić information content (AvgIpc) is 2.52. The van der Waals surface area contributed by atoms with Crippen LogP contribution in [0, 0.1) is 5.13 Å². The largest absolute Gasteiger partial charge is 0.497 e. The highest BCUT2D eigenvalue weighted by Crippen LogP contribution is 2.33. The fourth-order valence-corrected chi connectivity index (χ4v) is 3.01. The van der Waals surface area contributed by atoms with Crippen LogP contribution in [-0.2, 0) is 5.33 Å². The van der Waals surface area contributed by atoms with Crippen molar-refractivity contribution in [1.29, 1.82) is 0 Å². The lowest BCUT2D eigenvalue weighted by Gasteiger charge is -1.99. The first-order valence-electron chi connectivity index (χ1n) is 4.07. The van der Waals surface area contributed by atoms with Crippen LogP contribution in [0.15, 0.2) is 18.2 Å². The van der Waals surface area contributed by atoms with Crippen LogP contribution in [0.3, 0.4) is 0 Å². The van der Waals surface area contributed by atoms with Crippen molar-refractivity contribution >= 4 is 37.4 Å². The summed E-state index contributed by atoms with van der Waals surface area (Å²) in [6.45, 7) is 0. The molecule has 0 saturated carbocycles. The van der Waals surface area contributed by atoms with Crippen molar-refractivity contribution in [3.63, 3.8) is 0 Å². The molecular formula is C10H8BrFOS. The quantitative estimate of drug-likeness (QED) is 0.754. The third kappa shape index (κ3) is 1.53. The molecule has 1 nitrogen and oxygen atoms in total. The van der Waals surface area contributed by atoms with Gasteiger partial charge in [-0.25, -0.2) is 0 Å². The van der Waals surface area contributed by atoms with E-state index in [1.807, 2.05) is 18.2 Å². The number of fused-ring (bicyclic) bond motifs is 1. The van der Waals surface area contributed by atoms with E-state index in [0.717, 1.165) is 15.8 Å². The SMILES string of the molecule is COc1ccc2sc(F)c(CBr)c2c1. The molecule has 0 aliphatic rings. The molecule has 0 amide bonds. The molecule has 0 bridgehead atoms. The molecule has 0 N–H and O–H groups in total. The highest BCUT2D eigenvalue weighted by atomic mass is 79.9. The number of hydrogen-bond acceptors (Lipinski definition) is 2. The molecule has 4 heteroatoms. The normalized spacial score (nSPS) is 10.8. The van der Waals surface area contributed by atoms with Crippen LogP contribution in [0.1, 0.15) is 5.56 Å². The standard InChI is InChI=1S/C10H8BrFOS/c1-13-6-2-3-9-7(4-6)8(5-11)10(12)14-9/h2-4H,5H2,1H3. The second-order valence-corrected chi connectivity index (χ2v) is 4.41. The van der Waals surface area contributed by atoms with Gasteiger partial charge >= 0.3 is 0 Å². The monoisotopic (exact) mass is 274 g/mol. The van der Waals surface area contributed by atoms with Crippen molar-refractivity contribution in [1.82, 2.24) is 0 Å². The van der Waals surface area contributed by atoms with Gasteiger partial charge in [0.15, 0.2) is 5.13 Å². The van der Waals surface area contributed by atoms with Gasteiger partial charge in [0.2, 0.25) is 0 Å². The highest BCUT2D eigenvalue weighted by molar-refractivity contribution is 9.08. The maximum Gasteiger partial charge on any atom is 0.181 e. The van der Waals surface area contributed by atoms with Gasteiger partial charge in [0.05, 0.1) is 7.11 Å². The van der Waals surface area contributed by atoms with E-state index in [4.69, 9.17) is 4.74 Å². The predicted octanol–water partition coefficient (Wildman–Crippen LogP) is 3.94. The second-order valence-electron chi connectivity index (χ2n) is 2.85. The summed E-state index contributed by atoms with van der Waals surface area (Å²) < 4.78 is 19.4. The van der Waals surface area contributed by atoms with Gasteiger partial charge in [-0.3, -0.25) is 0 Å². The van der Waals surface area contributed by atoms with E-state index < -0.39 is 0 Å². The number of ether oxygens (including phenoxy) is 1. The molecule has 1 aromatic heterocycles. The molecule has 0 radical (unpaired) electrons. The number of alkyl halides is 1. The Morgan fingerprint density at radius 3 is 2.93 bits per heavy atom. The molecule has 0 aliphatic carbocycles. The number of halogens is 2. The van der Waals surface area contributed by atoms with E-state index in [1.165, 1.54) is 11.3 Å². The van der Waals surface area contributed by atoms with Gasteiger partial charge in [0.25, 0.3) is 0 Å². The molecule has 2 rings (SSSR count). The summed E-state index contributed by atoms with van der Waals surface area (Å²) in [5, 5.41) is 1.35. The smallest absolute Gasteiger partial charge is 0.181 e. The van der Waals surface area contributed by atoms with E-state index in [0.29, 0.717) is 10.9 Å². The first kappa shape index (κ1) is 9.93. The first-order valence-corrected chi connectivity index (χ1v) is 6.01. The molecule has 0 fully saturated rings. The molecule has 0 saturated heterocycles. The number of thiophene rings is 1. The Kier molecular flexibility index (Phi) is 2.74. The molecule has 0 atom stereocenters. The Morgan fingerprint density at radius 1 is 1.50 bits per heavy atom. The Labute approximate surface area is 93.6 Å². The van der Waals surface area contributed by atoms with Crippen molar-refractivity contribution in [3.8, 4) is 5.75 Å². The van der Waals surface area contributed by atoms with Gasteiger partial charge < -0.3 is 4.74 Å². The van der Waals surface area contributed by atoms with E-state index in [9.17, 15) is 4.39 Å². The van der Waals surface area contributed by atoms with Crippen LogP contribution in [-0.4, -0.2) is 7.11 Å². The lowest BCUT2D eigenvalue weighted by molar-refractivity contribution is 0.415. The summed E-state index contributed by atoms with van der Waals surface area (Å²) in [4.78, 5) is 0. The third-order valence-electron chi connectivity index (χ3n) is 2.08. The Balaban J connectivity index is 2.71. The molecule has 14 heavy (non-hydrogen) atoms. The van der Waals surface area contributed by atoms with E-state index in [1.54, 1.807) is 7.11 Å². The van der Waals surface area contributed by atoms with E-state index >= 15 is 0 Å². The minimum Gasteiger partial charge on any atom is -0.497 e. The van der Waals surface area contributed by atoms with Gasteiger partial charge in [-0.05, 0) is 18.2 Å². The molecule has 0 unspecified atom stereocenters. The van der Waals surface area contributed by atoms with Crippen LogP contribution < -0.4 is 4.74 Å². The summed E-state index contributed by atoms with van der Waals surface area (Å²) >= 11 is 4.45. The first-order chi connectivity index (χ1) is 6.76. The summed E-state index contributed by atoms with van der Waals surface area (Å²) in [6.07, 6.45) is 0. The Bertz CT molecular complexity index is 466. The fraction of sp³-hybridized carbons (Fsp3) is 0.200. The fourth-order valence-electron chi connectivity index (χ4n) is 1.35. The minimum absolute atomic E-state index is 0.120. The lowest BCUT2D eigenvalue weighted by atomic mass is 10.2. The maximum absolute atomic E-state index is 13.4. The van der Waals surface area contributed by atoms with Crippen molar-refractivity contribution < 1.29 is 9.13 Å². The molecule has 1 heterocycles. The summed E-state index contributed by atoms with van der Waals surface area (Å²) in [7, 11) is 1.61. The zero-order chi connectivity index (χ0) is 10.1. The maximum atomic E-state index is 13.4. The van der Waals surface area contributed by atoms with Gasteiger partial charge in [-0.15, -0.1) is 11.3 Å². The molecule has 0 spiro atoms. The van der Waals surface area contributed by atoms with Crippen molar-refractivity contribution in [2.45, 2.75) is 5.33 Å². The summed E-state index contributed by atoms with van der Waals surface area (Å²) in [5.74, 6) is 0.762. The molecule has 74 valence electrons. The molecule has 1 aromatic carbocycles. The highest BCUT2D eigenvalue weighted by Gasteiger charge is 2.11. The zero-order valence-corrected chi connectivity index (χ0v) is 9.91. The van der Waals surface area contributed by atoms with Gasteiger partial charge in [0, 0.05) is 21.0 Å². The van der Waals surface area contributed by atoms with Crippen LogP contribution >= 0.6 is 27.3 Å². The van der Waals surface area contributed by atoms with Gasteiger partial charge in [-0.2, -0.15) is 4.39 Å². The van der Waals surface area contributed by atoms with Gasteiger partial charge in [-0.1, -0.05) is 15.9 Å². The Hall–Kier alpha value is -0.610. The van der Waals surface area contributed by atoms with Crippen LogP contribution in [0.25, 0.3) is 10.1 Å². The van der Waals surface area contributed by atoms with Crippen molar-refractivity contribution in [3.05, 3.63) is 28.9 Å². The number of methoxy groups -OCH3 is 1. The number of hydrogen-bond donors (Lipinski definition) is 0. The van der Waals surface area contributed by atoms with Crippen molar-refractivity contribution in [2.24, 2.45) is 0 Å².